The zero-order valence-corrected chi connectivity index (χ0v) is 13.0. The Morgan fingerprint density at radius 1 is 0.632 bits per heavy atom. The molecule has 2 heteroatoms. The molecule has 0 aromatic carbocycles. The molecular weight excluding hydrogens is 239 g/mol. The predicted molar refractivity (Wildman–Crippen MR) is 82.0 cm³/mol. The van der Waals surface area contributed by atoms with Gasteiger partial charge >= 0.3 is 0 Å². The highest BCUT2D eigenvalue weighted by Crippen LogP contribution is 2.13. The van der Waals surface area contributed by atoms with Crippen molar-refractivity contribution in [3.8, 4) is 0 Å². The summed E-state index contributed by atoms with van der Waals surface area (Å²) in [5.74, 6) is 0. The quantitative estimate of drug-likeness (QED) is 0.355. The van der Waals surface area contributed by atoms with Crippen molar-refractivity contribution in [2.24, 2.45) is 0 Å². The summed E-state index contributed by atoms with van der Waals surface area (Å²) in [6.45, 7) is 2.26. The van der Waals surface area contributed by atoms with E-state index < -0.39 is 6.36 Å². The Hall–Kier alpha value is -0.110. The van der Waals surface area contributed by atoms with E-state index in [-0.39, 0.29) is 0 Å². The van der Waals surface area contributed by atoms with E-state index in [1.54, 1.807) is 0 Å². The molecule has 0 aromatic rings. The predicted octanol–water partition coefficient (Wildman–Crippen LogP) is 6.15. The highest BCUT2D eigenvalue weighted by molar-refractivity contribution is 4.49. The van der Waals surface area contributed by atoms with Gasteiger partial charge in [-0.25, -0.2) is 4.39 Å². The van der Waals surface area contributed by atoms with Crippen molar-refractivity contribution in [1.82, 2.24) is 0 Å². The minimum atomic E-state index is -1.60. The molecule has 19 heavy (non-hydrogen) atoms. The van der Waals surface area contributed by atoms with Crippen LogP contribution in [-0.4, -0.2) is 11.5 Å². The Bertz CT molecular complexity index is 159. The van der Waals surface area contributed by atoms with Crippen LogP contribution in [0.1, 0.15) is 103 Å². The van der Waals surface area contributed by atoms with Crippen LogP contribution in [0.25, 0.3) is 0 Å². The fourth-order valence-electron chi connectivity index (χ4n) is 2.51. The summed E-state index contributed by atoms with van der Waals surface area (Å²) in [6, 6.07) is 0. The van der Waals surface area contributed by atoms with Gasteiger partial charge in [-0.05, 0) is 6.42 Å². The number of hydrogen-bond acceptors (Lipinski definition) is 1. The van der Waals surface area contributed by atoms with Crippen LogP contribution in [0.5, 0.6) is 0 Å². The average Bonchev–Trinajstić information content (AvgIpc) is 2.39. The van der Waals surface area contributed by atoms with E-state index in [2.05, 4.69) is 6.92 Å². The normalized spacial score (nSPS) is 12.8. The lowest BCUT2D eigenvalue weighted by atomic mass is 10.0. The summed E-state index contributed by atoms with van der Waals surface area (Å²) in [4.78, 5) is 0. The summed E-state index contributed by atoms with van der Waals surface area (Å²) in [5, 5.41) is 8.48. The molecule has 1 nitrogen and oxygen atoms in total. The molecule has 1 N–H and O–H groups in total. The number of alkyl halides is 1. The summed E-state index contributed by atoms with van der Waals surface area (Å²) in [5.41, 5.74) is 0. The third-order valence-corrected chi connectivity index (χ3v) is 3.80. The third kappa shape index (κ3) is 17.9. The lowest BCUT2D eigenvalue weighted by Gasteiger charge is -2.03. The van der Waals surface area contributed by atoms with Crippen molar-refractivity contribution in [2.45, 2.75) is 110 Å². The molecule has 0 aliphatic rings. The number of rotatable bonds is 15. The Morgan fingerprint density at radius 2 is 0.947 bits per heavy atom. The molecule has 0 spiro atoms. The summed E-state index contributed by atoms with van der Waals surface area (Å²) in [6.07, 6.45) is 17.0. The van der Waals surface area contributed by atoms with Gasteiger partial charge in [-0.15, -0.1) is 0 Å². The minimum absolute atomic E-state index is 0.317. The topological polar surface area (TPSA) is 20.2 Å². The monoisotopic (exact) mass is 274 g/mol. The van der Waals surface area contributed by atoms with E-state index in [0.29, 0.717) is 6.42 Å². The van der Waals surface area contributed by atoms with E-state index in [1.165, 1.54) is 77.0 Å². The van der Waals surface area contributed by atoms with Gasteiger partial charge in [0.25, 0.3) is 0 Å². The standard InChI is InChI=1S/C17H35FO/c1-2-3-4-5-6-7-8-9-10-11-12-13-14-15-16-17(18)19/h17,19H,2-16H2,1H3. The van der Waals surface area contributed by atoms with Crippen LogP contribution in [0, 0.1) is 0 Å². The van der Waals surface area contributed by atoms with Crippen LogP contribution in [0.4, 0.5) is 4.39 Å². The molecule has 0 aromatic heterocycles. The highest BCUT2D eigenvalue weighted by Gasteiger charge is 1.98. The molecule has 0 saturated heterocycles. The van der Waals surface area contributed by atoms with Gasteiger partial charge in [0.15, 0.2) is 6.36 Å². The smallest absolute Gasteiger partial charge is 0.196 e. The number of aliphatic hydroxyl groups is 1. The first-order chi connectivity index (χ1) is 9.27. The van der Waals surface area contributed by atoms with E-state index in [0.717, 1.165) is 12.8 Å². The maximum absolute atomic E-state index is 12.1. The Labute approximate surface area is 120 Å². The van der Waals surface area contributed by atoms with Crippen LogP contribution in [-0.2, 0) is 0 Å². The summed E-state index contributed by atoms with van der Waals surface area (Å²) >= 11 is 0. The molecule has 0 bridgehead atoms. The van der Waals surface area contributed by atoms with E-state index in [9.17, 15) is 4.39 Å². The molecular formula is C17H35FO. The van der Waals surface area contributed by atoms with Gasteiger partial charge in [0.1, 0.15) is 0 Å². The third-order valence-electron chi connectivity index (χ3n) is 3.80. The van der Waals surface area contributed by atoms with Gasteiger partial charge in [0.05, 0.1) is 0 Å². The van der Waals surface area contributed by atoms with Gasteiger partial charge in [0.2, 0.25) is 0 Å². The van der Waals surface area contributed by atoms with Crippen molar-refractivity contribution in [1.29, 1.82) is 0 Å². The molecule has 0 fully saturated rings. The molecule has 0 aliphatic carbocycles. The van der Waals surface area contributed by atoms with Crippen molar-refractivity contribution in [3.63, 3.8) is 0 Å². The lowest BCUT2D eigenvalue weighted by Crippen LogP contribution is -1.95. The second-order valence-corrected chi connectivity index (χ2v) is 5.82. The Morgan fingerprint density at radius 3 is 1.26 bits per heavy atom. The van der Waals surface area contributed by atoms with E-state index in [4.69, 9.17) is 5.11 Å². The van der Waals surface area contributed by atoms with Gasteiger partial charge < -0.3 is 5.11 Å². The minimum Gasteiger partial charge on any atom is -0.364 e. The molecule has 0 saturated carbocycles. The average molecular weight is 274 g/mol. The van der Waals surface area contributed by atoms with Crippen LogP contribution >= 0.6 is 0 Å². The maximum Gasteiger partial charge on any atom is 0.196 e. The summed E-state index contributed by atoms with van der Waals surface area (Å²) in [7, 11) is 0. The van der Waals surface area contributed by atoms with Gasteiger partial charge in [-0.1, -0.05) is 90.4 Å². The SMILES string of the molecule is CCCCCCCCCCCCCCCCC(O)F. The molecule has 1 unspecified atom stereocenters. The van der Waals surface area contributed by atoms with E-state index >= 15 is 0 Å². The van der Waals surface area contributed by atoms with Crippen molar-refractivity contribution < 1.29 is 9.50 Å². The first-order valence-corrected chi connectivity index (χ1v) is 8.59. The van der Waals surface area contributed by atoms with Gasteiger partial charge in [-0.3, -0.25) is 0 Å². The van der Waals surface area contributed by atoms with Crippen molar-refractivity contribution >= 4 is 0 Å². The second-order valence-electron chi connectivity index (χ2n) is 5.82. The molecule has 1 atom stereocenters. The number of hydrogen-bond donors (Lipinski definition) is 1. The van der Waals surface area contributed by atoms with Crippen molar-refractivity contribution in [2.75, 3.05) is 0 Å². The molecule has 0 aliphatic heterocycles. The maximum atomic E-state index is 12.1. The highest BCUT2D eigenvalue weighted by atomic mass is 19.1. The fourth-order valence-corrected chi connectivity index (χ4v) is 2.51. The molecule has 116 valence electrons. The van der Waals surface area contributed by atoms with Gasteiger partial charge in [0, 0.05) is 6.42 Å². The summed E-state index contributed by atoms with van der Waals surface area (Å²) < 4.78 is 12.1. The first-order valence-electron chi connectivity index (χ1n) is 8.59. The first kappa shape index (κ1) is 18.9. The van der Waals surface area contributed by atoms with Crippen LogP contribution in [0.15, 0.2) is 0 Å². The Kier molecular flexibility index (Phi) is 15.9. The zero-order valence-electron chi connectivity index (χ0n) is 13.0. The largest absolute Gasteiger partial charge is 0.364 e. The van der Waals surface area contributed by atoms with Crippen LogP contribution < -0.4 is 0 Å². The van der Waals surface area contributed by atoms with Crippen LogP contribution in [0.3, 0.4) is 0 Å². The Balaban J connectivity index is 2.91. The molecule has 0 heterocycles. The molecule has 0 radical (unpaired) electrons. The lowest BCUT2D eigenvalue weighted by molar-refractivity contribution is 0.0323. The zero-order chi connectivity index (χ0) is 14.2. The second kappa shape index (κ2) is 15.9. The number of aliphatic hydroxyl groups excluding tert-OH is 1. The molecule has 0 amide bonds. The number of unbranched alkanes of at least 4 members (excludes halogenated alkanes) is 13. The fraction of sp³-hybridized carbons (Fsp3) is 1.00. The van der Waals surface area contributed by atoms with Crippen LogP contribution in [0.2, 0.25) is 0 Å². The number of halogens is 1. The molecule has 0 rings (SSSR count). The van der Waals surface area contributed by atoms with E-state index in [1.807, 2.05) is 0 Å². The van der Waals surface area contributed by atoms with Gasteiger partial charge in [-0.2, -0.15) is 0 Å². The van der Waals surface area contributed by atoms with Crippen molar-refractivity contribution in [3.05, 3.63) is 0 Å².